The number of hydrogen-bond donors (Lipinski definition) is 0. The van der Waals surface area contributed by atoms with E-state index in [-0.39, 0.29) is 16.5 Å². The molecular formula is C15H23BrO2S. The first kappa shape index (κ1) is 16.7. The monoisotopic (exact) mass is 346 g/mol. The van der Waals surface area contributed by atoms with Crippen LogP contribution in [0.25, 0.3) is 0 Å². The zero-order valence-corrected chi connectivity index (χ0v) is 14.5. The van der Waals surface area contributed by atoms with Gasteiger partial charge in [0.25, 0.3) is 0 Å². The Labute approximate surface area is 125 Å². The Bertz CT molecular complexity index is 499. The minimum atomic E-state index is -3.17. The van der Waals surface area contributed by atoms with Gasteiger partial charge in [-0.2, -0.15) is 0 Å². The van der Waals surface area contributed by atoms with E-state index < -0.39 is 9.84 Å². The average Bonchev–Trinajstić information content (AvgIpc) is 2.28. The number of alkyl halides is 1. The molecule has 0 amide bonds. The van der Waals surface area contributed by atoms with Crippen LogP contribution in [0.2, 0.25) is 0 Å². The number of benzene rings is 1. The highest BCUT2D eigenvalue weighted by atomic mass is 79.9. The van der Waals surface area contributed by atoms with Gasteiger partial charge in [-0.25, -0.2) is 8.42 Å². The van der Waals surface area contributed by atoms with Gasteiger partial charge in [0.2, 0.25) is 0 Å². The minimum absolute atomic E-state index is 0.197. The normalized spacial score (nSPS) is 15.5. The van der Waals surface area contributed by atoms with E-state index in [2.05, 4.69) is 36.7 Å². The summed E-state index contributed by atoms with van der Waals surface area (Å²) in [6, 6.07) is 7.42. The van der Waals surface area contributed by atoms with Gasteiger partial charge in [0, 0.05) is 4.83 Å². The van der Waals surface area contributed by atoms with Gasteiger partial charge in [-0.1, -0.05) is 61.8 Å². The van der Waals surface area contributed by atoms with Crippen molar-refractivity contribution in [3.05, 3.63) is 29.8 Å². The highest BCUT2D eigenvalue weighted by Crippen LogP contribution is 2.36. The van der Waals surface area contributed by atoms with E-state index in [1.807, 2.05) is 25.1 Å². The van der Waals surface area contributed by atoms with E-state index in [1.54, 1.807) is 6.07 Å². The fourth-order valence-corrected chi connectivity index (χ4v) is 5.06. The van der Waals surface area contributed by atoms with Gasteiger partial charge in [-0.05, 0) is 29.9 Å². The first-order valence-corrected chi connectivity index (χ1v) is 9.33. The van der Waals surface area contributed by atoms with Crippen molar-refractivity contribution in [3.63, 3.8) is 0 Å². The summed E-state index contributed by atoms with van der Waals surface area (Å²) in [4.78, 5) is 0.743. The first-order chi connectivity index (χ1) is 8.81. The summed E-state index contributed by atoms with van der Waals surface area (Å²) in [5.41, 5.74) is 0.940. The van der Waals surface area contributed by atoms with Crippen LogP contribution in [-0.4, -0.2) is 19.0 Å². The Morgan fingerprint density at radius 1 is 1.16 bits per heavy atom. The molecule has 0 fully saturated rings. The van der Waals surface area contributed by atoms with E-state index in [1.165, 1.54) is 0 Å². The molecular weight excluding hydrogens is 324 g/mol. The van der Waals surface area contributed by atoms with Crippen LogP contribution >= 0.6 is 15.9 Å². The molecule has 0 saturated carbocycles. The summed E-state index contributed by atoms with van der Waals surface area (Å²) in [7, 11) is -3.17. The Kier molecular flexibility index (Phi) is 6.06. The van der Waals surface area contributed by atoms with Crippen molar-refractivity contribution < 1.29 is 8.42 Å². The third kappa shape index (κ3) is 4.06. The molecule has 0 spiro atoms. The standard InChI is InChI=1S/C15H23BrO2S/c1-5-10-19(17,18)14-9-7-6-8-13(14)15(11(2)3)12(4)16/h6-9,11-12,15H,5,10H2,1-4H3. The Morgan fingerprint density at radius 3 is 2.21 bits per heavy atom. The lowest BCUT2D eigenvalue weighted by atomic mass is 9.86. The Balaban J connectivity index is 3.37. The molecule has 1 aromatic rings. The van der Waals surface area contributed by atoms with E-state index in [0.717, 1.165) is 5.56 Å². The van der Waals surface area contributed by atoms with Crippen LogP contribution in [0.15, 0.2) is 29.2 Å². The summed E-state index contributed by atoms with van der Waals surface area (Å²) < 4.78 is 24.8. The number of rotatable bonds is 6. The lowest BCUT2D eigenvalue weighted by molar-refractivity contribution is 0.490. The second kappa shape index (κ2) is 6.89. The maximum atomic E-state index is 12.4. The molecule has 0 radical (unpaired) electrons. The van der Waals surface area contributed by atoms with Crippen LogP contribution in [0.5, 0.6) is 0 Å². The van der Waals surface area contributed by atoms with Crippen LogP contribution < -0.4 is 0 Å². The van der Waals surface area contributed by atoms with Crippen molar-refractivity contribution in [2.75, 3.05) is 5.75 Å². The van der Waals surface area contributed by atoms with Crippen LogP contribution in [-0.2, 0) is 9.84 Å². The van der Waals surface area contributed by atoms with Crippen molar-refractivity contribution in [2.45, 2.75) is 49.8 Å². The van der Waals surface area contributed by atoms with Gasteiger partial charge in [0.05, 0.1) is 10.6 Å². The van der Waals surface area contributed by atoms with Crippen LogP contribution in [0.4, 0.5) is 0 Å². The Morgan fingerprint density at radius 2 is 1.74 bits per heavy atom. The molecule has 0 aliphatic rings. The van der Waals surface area contributed by atoms with Gasteiger partial charge in [-0.15, -0.1) is 0 Å². The Hall–Kier alpha value is -0.350. The van der Waals surface area contributed by atoms with Crippen molar-refractivity contribution in [1.29, 1.82) is 0 Å². The molecule has 0 aliphatic heterocycles. The van der Waals surface area contributed by atoms with Crippen molar-refractivity contribution in [3.8, 4) is 0 Å². The maximum absolute atomic E-state index is 12.4. The molecule has 0 aromatic heterocycles. The van der Waals surface area contributed by atoms with Crippen molar-refractivity contribution in [1.82, 2.24) is 0 Å². The molecule has 19 heavy (non-hydrogen) atoms. The van der Waals surface area contributed by atoms with Crippen LogP contribution in [0.1, 0.15) is 45.6 Å². The van der Waals surface area contributed by atoms with E-state index in [0.29, 0.717) is 17.2 Å². The second-order valence-electron chi connectivity index (χ2n) is 5.30. The molecule has 0 aliphatic carbocycles. The summed E-state index contributed by atoms with van der Waals surface area (Å²) in [5.74, 6) is 0.793. The molecule has 0 bridgehead atoms. The van der Waals surface area contributed by atoms with Crippen molar-refractivity contribution in [2.24, 2.45) is 5.92 Å². The molecule has 108 valence electrons. The maximum Gasteiger partial charge on any atom is 0.178 e. The molecule has 2 unspecified atom stereocenters. The molecule has 2 atom stereocenters. The predicted molar refractivity (Wildman–Crippen MR) is 84.8 cm³/mol. The number of sulfone groups is 1. The average molecular weight is 347 g/mol. The van der Waals surface area contributed by atoms with Crippen LogP contribution in [0, 0.1) is 5.92 Å². The van der Waals surface area contributed by atoms with Crippen LogP contribution in [0.3, 0.4) is 0 Å². The molecule has 0 saturated heterocycles. The summed E-state index contributed by atoms with van der Waals surface area (Å²) in [6.45, 7) is 8.23. The van der Waals surface area contributed by atoms with Gasteiger partial charge in [0.15, 0.2) is 9.84 Å². The summed E-state index contributed by atoms with van der Waals surface area (Å²) >= 11 is 3.62. The topological polar surface area (TPSA) is 34.1 Å². The van der Waals surface area contributed by atoms with Gasteiger partial charge in [0.1, 0.15) is 0 Å². The highest BCUT2D eigenvalue weighted by molar-refractivity contribution is 9.09. The zero-order chi connectivity index (χ0) is 14.6. The van der Waals surface area contributed by atoms with E-state index in [9.17, 15) is 8.42 Å². The van der Waals surface area contributed by atoms with Gasteiger partial charge < -0.3 is 0 Å². The van der Waals surface area contributed by atoms with Gasteiger partial charge >= 0.3 is 0 Å². The number of hydrogen-bond acceptors (Lipinski definition) is 2. The fraction of sp³-hybridized carbons (Fsp3) is 0.600. The SMILES string of the molecule is CCCS(=O)(=O)c1ccccc1C(C(C)C)C(C)Br. The summed E-state index contributed by atoms with van der Waals surface area (Å²) in [5, 5.41) is 0. The predicted octanol–water partition coefficient (Wildman–Crippen LogP) is 4.39. The molecule has 0 N–H and O–H groups in total. The quantitative estimate of drug-likeness (QED) is 0.715. The summed E-state index contributed by atoms with van der Waals surface area (Å²) in [6.07, 6.45) is 0.646. The smallest absolute Gasteiger partial charge is 0.178 e. The van der Waals surface area contributed by atoms with E-state index >= 15 is 0 Å². The lowest BCUT2D eigenvalue weighted by Gasteiger charge is -2.26. The van der Waals surface area contributed by atoms with Gasteiger partial charge in [-0.3, -0.25) is 0 Å². The zero-order valence-electron chi connectivity index (χ0n) is 12.1. The van der Waals surface area contributed by atoms with Crippen molar-refractivity contribution >= 4 is 25.8 Å². The third-order valence-corrected chi connectivity index (χ3v) is 5.86. The highest BCUT2D eigenvalue weighted by Gasteiger charge is 2.27. The molecule has 1 aromatic carbocycles. The second-order valence-corrected chi connectivity index (χ2v) is 8.83. The number of halogens is 1. The largest absolute Gasteiger partial charge is 0.224 e. The third-order valence-electron chi connectivity index (χ3n) is 3.30. The molecule has 1 rings (SSSR count). The van der Waals surface area contributed by atoms with E-state index in [4.69, 9.17) is 0 Å². The molecule has 4 heteroatoms. The first-order valence-electron chi connectivity index (χ1n) is 6.77. The molecule has 2 nitrogen and oxygen atoms in total. The molecule has 0 heterocycles. The lowest BCUT2D eigenvalue weighted by Crippen LogP contribution is -2.19. The minimum Gasteiger partial charge on any atom is -0.224 e. The fourth-order valence-electron chi connectivity index (χ4n) is 2.55.